The fourth-order valence-electron chi connectivity index (χ4n) is 0.816. The molecule has 1 nitrogen and oxygen atoms in total. The average Bonchev–Trinajstić information content (AvgIpc) is 1.80. The second kappa shape index (κ2) is 3.84. The predicted octanol–water partition coefficient (Wildman–Crippen LogP) is 3.86. The molecular formula is C6H5Br2Cl3CrN. The third-order valence-corrected chi connectivity index (χ3v) is 7.14. The fraction of sp³-hybridized carbons (Fsp3) is 0. The fourth-order valence-corrected chi connectivity index (χ4v) is 10.2. The van der Waals surface area contributed by atoms with E-state index in [9.17, 15) is 0 Å². The molecule has 0 bridgehead atoms. The second-order valence-corrected chi connectivity index (χ2v) is 17.0. The Morgan fingerprint density at radius 3 is 1.69 bits per heavy atom. The van der Waals surface area contributed by atoms with Crippen molar-refractivity contribution in [3.8, 4) is 0 Å². The van der Waals surface area contributed by atoms with E-state index in [0.717, 1.165) is 0 Å². The van der Waals surface area contributed by atoms with Crippen LogP contribution in [0.3, 0.4) is 0 Å². The summed E-state index contributed by atoms with van der Waals surface area (Å²) < 4.78 is 7.68. The molecule has 0 saturated carbocycles. The van der Waals surface area contributed by atoms with E-state index in [1.807, 2.05) is 6.07 Å². The molecule has 0 aliphatic carbocycles. The third-order valence-electron chi connectivity index (χ3n) is 1.27. The first-order chi connectivity index (χ1) is 5.68. The zero-order valence-corrected chi connectivity index (χ0v) is 12.8. The summed E-state index contributed by atoms with van der Waals surface area (Å²) in [5.41, 5.74) is 0. The predicted molar refractivity (Wildman–Crippen MR) is 63.2 cm³/mol. The molecule has 0 atom stereocenters. The number of hydrogen-bond donors (Lipinski definition) is 1. The Bertz CT molecular complexity index is 320. The Morgan fingerprint density at radius 1 is 1.08 bits per heavy atom. The zero-order chi connectivity index (χ0) is 10.3. The molecule has 0 fully saturated rings. The first kappa shape index (κ1) is 12.6. The first-order valence-electron chi connectivity index (χ1n) is 3.02. The van der Waals surface area contributed by atoms with Crippen LogP contribution in [0.4, 0.5) is 0 Å². The summed E-state index contributed by atoms with van der Waals surface area (Å²) in [6.07, 6.45) is 0. The summed E-state index contributed by atoms with van der Waals surface area (Å²) in [4.78, 5) is 0. The van der Waals surface area contributed by atoms with Gasteiger partial charge in [-0.25, -0.2) is 0 Å². The van der Waals surface area contributed by atoms with Gasteiger partial charge in [0.25, 0.3) is 0 Å². The van der Waals surface area contributed by atoms with Crippen molar-refractivity contribution in [2.75, 3.05) is 0 Å². The van der Waals surface area contributed by atoms with Crippen molar-refractivity contribution >= 4 is 66.4 Å². The molecule has 0 heterocycles. The molecule has 0 spiro atoms. The van der Waals surface area contributed by atoms with Crippen molar-refractivity contribution in [1.29, 1.82) is 0 Å². The summed E-state index contributed by atoms with van der Waals surface area (Å²) in [5, 5.41) is 0. The molecule has 0 aliphatic rings. The Hall–Kier alpha value is 1.54. The number of halogens is 5. The third kappa shape index (κ3) is 3.26. The van der Waals surface area contributed by atoms with Crippen molar-refractivity contribution in [1.82, 2.24) is 0 Å². The number of nitrogens with two attached hydrogens (primary N) is 1. The van der Waals surface area contributed by atoms with Crippen LogP contribution in [0.2, 0.25) is 0 Å². The van der Waals surface area contributed by atoms with Gasteiger partial charge < -0.3 is 0 Å². The number of benzene rings is 1. The van der Waals surface area contributed by atoms with Gasteiger partial charge in [-0.15, -0.1) is 0 Å². The molecule has 7 heteroatoms. The van der Waals surface area contributed by atoms with Gasteiger partial charge in [0.2, 0.25) is 0 Å². The maximum absolute atomic E-state index is 5.94. The Labute approximate surface area is 107 Å². The van der Waals surface area contributed by atoms with E-state index >= 15 is 0 Å². The van der Waals surface area contributed by atoms with Crippen molar-refractivity contribution in [2.24, 2.45) is 4.72 Å². The molecule has 75 valence electrons. The Kier molecular flexibility index (Phi) is 3.73. The van der Waals surface area contributed by atoms with Gasteiger partial charge in [0, 0.05) is 0 Å². The molecule has 0 amide bonds. The van der Waals surface area contributed by atoms with Crippen LogP contribution in [0.25, 0.3) is 0 Å². The van der Waals surface area contributed by atoms with E-state index in [-0.39, 0.29) is 0 Å². The van der Waals surface area contributed by atoms with E-state index in [4.69, 9.17) is 34.9 Å². The van der Waals surface area contributed by atoms with Gasteiger partial charge in [-0.2, -0.15) is 0 Å². The van der Waals surface area contributed by atoms with Crippen LogP contribution in [-0.4, -0.2) is 0 Å². The quantitative estimate of drug-likeness (QED) is 0.749. The summed E-state index contributed by atoms with van der Waals surface area (Å²) in [7, 11) is 13.7. The monoisotopic (exact) mass is 406 g/mol. The van der Waals surface area contributed by atoms with Gasteiger partial charge in [0.05, 0.1) is 0 Å². The molecule has 0 unspecified atom stereocenters. The number of rotatable bonds is 1. The Morgan fingerprint density at radius 2 is 1.46 bits per heavy atom. The van der Waals surface area contributed by atoms with Crippen molar-refractivity contribution in [3.05, 3.63) is 27.1 Å². The SMILES string of the molecule is [NH2][Cr]([Cl])([Cl])([Cl])[c]1c(Br)cccc1Br. The van der Waals surface area contributed by atoms with Gasteiger partial charge in [0.1, 0.15) is 0 Å². The molecule has 1 aromatic carbocycles. The van der Waals surface area contributed by atoms with Crippen LogP contribution >= 0.6 is 62.0 Å². The molecule has 1 rings (SSSR count). The van der Waals surface area contributed by atoms with E-state index in [1.165, 1.54) is 0 Å². The molecule has 0 aromatic heterocycles. The molecule has 0 aliphatic heterocycles. The minimum atomic E-state index is -4.16. The first-order valence-corrected chi connectivity index (χ1v) is 11.2. The molecule has 0 radical (unpaired) electrons. The van der Waals surface area contributed by atoms with Gasteiger partial charge >= 0.3 is 108 Å². The van der Waals surface area contributed by atoms with Crippen LogP contribution in [0, 0.1) is 0 Å². The minimum absolute atomic E-state index is 0.549. The molecule has 0 saturated heterocycles. The van der Waals surface area contributed by atoms with Crippen LogP contribution in [0.1, 0.15) is 0 Å². The molecule has 1 aromatic rings. The average molecular weight is 409 g/mol. The van der Waals surface area contributed by atoms with E-state index in [1.54, 1.807) is 12.1 Å². The number of hydrogen-bond acceptors (Lipinski definition) is 1. The molecule has 2 N–H and O–H groups in total. The summed E-state index contributed by atoms with van der Waals surface area (Å²) in [6.45, 7) is 0. The Balaban J connectivity index is 3.47. The zero-order valence-electron chi connectivity index (χ0n) is 6.11. The van der Waals surface area contributed by atoms with Gasteiger partial charge in [-0.05, 0) is 0 Å². The van der Waals surface area contributed by atoms with E-state index < -0.39 is 9.46 Å². The summed E-state index contributed by atoms with van der Waals surface area (Å²) >= 11 is 6.59. The van der Waals surface area contributed by atoms with Crippen molar-refractivity contribution in [3.63, 3.8) is 0 Å². The van der Waals surface area contributed by atoms with Crippen LogP contribution in [0.5, 0.6) is 0 Å². The van der Waals surface area contributed by atoms with E-state index in [2.05, 4.69) is 31.9 Å². The van der Waals surface area contributed by atoms with Crippen molar-refractivity contribution < 1.29 is 9.46 Å². The van der Waals surface area contributed by atoms with Crippen molar-refractivity contribution in [2.45, 2.75) is 0 Å². The van der Waals surface area contributed by atoms with Gasteiger partial charge in [-0.1, -0.05) is 0 Å². The summed E-state index contributed by atoms with van der Waals surface area (Å²) in [5.74, 6) is 0. The van der Waals surface area contributed by atoms with Gasteiger partial charge in [0.15, 0.2) is 0 Å². The van der Waals surface area contributed by atoms with Crippen LogP contribution < -0.4 is 9.14 Å². The molecular weight excluding hydrogens is 404 g/mol. The standard InChI is InChI=1S/C6H3Br2.3ClH.Cr.H2N/c7-5-2-1-3-6(8)4-5;;;;;/h1-3H;3*1H;;1H2/q;;;;+4;-1/p-3. The maximum atomic E-state index is 5.94. The normalized spacial score (nSPS) is 15.1. The van der Waals surface area contributed by atoms with Gasteiger partial charge in [-0.3, -0.25) is 0 Å². The second-order valence-electron chi connectivity index (χ2n) is 2.34. The van der Waals surface area contributed by atoms with Crippen LogP contribution in [0.15, 0.2) is 27.1 Å². The van der Waals surface area contributed by atoms with Crippen LogP contribution in [-0.2, 0) is 9.46 Å². The van der Waals surface area contributed by atoms with E-state index in [0.29, 0.717) is 13.4 Å². The topological polar surface area (TPSA) is 26.0 Å². The summed E-state index contributed by atoms with van der Waals surface area (Å²) in [6, 6.07) is 5.41. The molecule has 13 heavy (non-hydrogen) atoms.